The normalized spacial score (nSPS) is 15.8. The van der Waals surface area contributed by atoms with Crippen molar-refractivity contribution in [3.05, 3.63) is 143 Å². The highest BCUT2D eigenvalue weighted by atomic mass is 32.2. The third-order valence-electron chi connectivity index (χ3n) is 17.1. The van der Waals surface area contributed by atoms with E-state index in [1.54, 1.807) is 49.7 Å². The van der Waals surface area contributed by atoms with Crippen molar-refractivity contribution in [3.8, 4) is 5.75 Å². The predicted octanol–water partition coefficient (Wildman–Crippen LogP) is 7.98. The molecule has 0 spiro atoms. The summed E-state index contributed by atoms with van der Waals surface area (Å²) in [7, 11) is -22.7. The monoisotopic (exact) mass is 1460 g/mol. The molecule has 28 nitrogen and oxygen atoms in total. The number of allylic oxidation sites excluding steroid dienone is 8. The summed E-state index contributed by atoms with van der Waals surface area (Å²) in [6.45, 7) is 14.8. The van der Waals surface area contributed by atoms with Crippen LogP contribution >= 0.6 is 0 Å². The highest BCUT2D eigenvalue weighted by molar-refractivity contribution is 7.89. The van der Waals surface area contributed by atoms with Crippen LogP contribution in [0, 0.1) is 5.92 Å². The molecule has 98 heavy (non-hydrogen) atoms. The van der Waals surface area contributed by atoms with Crippen LogP contribution in [0.3, 0.4) is 0 Å². The van der Waals surface area contributed by atoms with Gasteiger partial charge in [-0.05, 0) is 131 Å². The average molecular weight is 1460 g/mol. The zero-order valence-corrected chi connectivity index (χ0v) is 59.3. The zero-order valence-electron chi connectivity index (χ0n) is 55.2. The van der Waals surface area contributed by atoms with Crippen molar-refractivity contribution < 1.29 is 94.0 Å². The summed E-state index contributed by atoms with van der Waals surface area (Å²) < 4.78 is 194. The number of hydroxylamine groups is 1. The van der Waals surface area contributed by atoms with Gasteiger partial charge in [-0.2, -0.15) is 38.0 Å². The number of aromatic nitrogens is 3. The van der Waals surface area contributed by atoms with Gasteiger partial charge in [0.25, 0.3) is 46.4 Å². The van der Waals surface area contributed by atoms with Gasteiger partial charge in [0, 0.05) is 58.7 Å². The summed E-state index contributed by atoms with van der Waals surface area (Å²) in [5, 5.41) is 21.0. The number of carbonyl (C=O) groups excluding carboxylic acids is 2. The molecule has 7 N–H and O–H groups in total. The SMILES string of the molecule is CCN1\C(=C/C=C/C=C/C2=C(CCCCCC(=O)NCCOCCOCCOCCn3cc(CN(C(C(=O)NO)C(C)C)S(=O)(=O)c4ccc(OC)cc4)nn3)c3ccc4c(S(=O)(=O)O)cc(S(=O)(=O)O)cc4c3C2(C)C)C(C)(C)c2c1ccc1c(S(=O)(=O)O)cc(S(=O)(=O)O)cc21. The Morgan fingerprint density at radius 2 is 1.24 bits per heavy atom. The van der Waals surface area contributed by atoms with Crippen LogP contribution in [0.4, 0.5) is 5.69 Å². The van der Waals surface area contributed by atoms with Crippen molar-refractivity contribution >= 4 is 95.1 Å². The minimum absolute atomic E-state index is 0.0328. The van der Waals surface area contributed by atoms with E-state index in [1.165, 1.54) is 66.5 Å². The number of hydrogen-bond donors (Lipinski definition) is 7. The fourth-order valence-electron chi connectivity index (χ4n) is 12.6. The van der Waals surface area contributed by atoms with E-state index in [0.717, 1.165) is 21.1 Å². The fraction of sp³-hybridized carbons (Fsp3) is 0.415. The highest BCUT2D eigenvalue weighted by Crippen LogP contribution is 2.54. The molecule has 0 fully saturated rings. The van der Waals surface area contributed by atoms with E-state index in [2.05, 4.69) is 15.6 Å². The number of amides is 2. The van der Waals surface area contributed by atoms with Crippen molar-refractivity contribution in [2.45, 2.75) is 135 Å². The van der Waals surface area contributed by atoms with Gasteiger partial charge in [0.2, 0.25) is 15.9 Å². The van der Waals surface area contributed by atoms with Crippen LogP contribution in [0.2, 0.25) is 0 Å². The quantitative estimate of drug-likeness (QED) is 0.00661. The van der Waals surface area contributed by atoms with E-state index in [1.807, 2.05) is 51.7 Å². The van der Waals surface area contributed by atoms with Crippen LogP contribution in [-0.2, 0) is 98.2 Å². The number of sulfonamides is 1. The molecule has 1 atom stereocenters. The fourth-order valence-corrected chi connectivity index (χ4v) is 17.0. The summed E-state index contributed by atoms with van der Waals surface area (Å²) in [5.41, 5.74) is 4.79. The number of fused-ring (bicyclic) bond motifs is 6. The molecule has 5 aromatic carbocycles. The molecule has 2 heterocycles. The minimum atomic E-state index is -5.01. The summed E-state index contributed by atoms with van der Waals surface area (Å²) in [5.74, 6) is -1.19. The molecule has 1 aliphatic carbocycles. The summed E-state index contributed by atoms with van der Waals surface area (Å²) in [6.07, 6.45) is 13.1. The van der Waals surface area contributed by atoms with E-state index < -0.39 is 98.8 Å². The lowest BCUT2D eigenvalue weighted by molar-refractivity contribution is -0.134. The standard InChI is InChI=1S/C65H81N7O21S5/c1-9-71-55-27-26-50-53(37-47(96(81,82)83)39-57(50)98(87,88)89)61(55)65(6,7)58(71)18-14-11-13-17-54-48(51-25-24-49-52(60(51)64(54,4)5)36-46(95(78,79)80)38-56(49)97(84,85)86)16-12-10-15-19-59(73)66-28-30-91-32-34-93-35-33-92-31-29-70-40-43(67-69-70)41-72(62(42(2)3)63(74)68-75)94(76,77)45-22-20-44(90-8)21-23-45/h11,13-14,17-18,20-27,36-40,42,62,75H,9-10,12,15-16,19,28-35,41H2,1-8H3,(H,66,73)(H,68,74)(H,78,79,80)(H,81,82,83)(H,84,85,86)(H,87,88,89)/b14-11+,17-13+,58-18-. The molecule has 532 valence electrons. The number of carbonyl (C=O) groups is 2. The Hall–Kier alpha value is -7.35. The molecule has 0 saturated heterocycles. The molecule has 1 aliphatic heterocycles. The van der Waals surface area contributed by atoms with Crippen LogP contribution in [0.5, 0.6) is 5.75 Å². The van der Waals surface area contributed by atoms with Gasteiger partial charge in [-0.25, -0.2) is 18.6 Å². The number of likely N-dealkylation sites (N-methyl/N-ethyl adjacent to an activating group) is 1. The van der Waals surface area contributed by atoms with Crippen LogP contribution in [0.25, 0.3) is 27.1 Å². The average Bonchev–Trinajstić information content (AvgIpc) is 1.55. The number of nitrogens with one attached hydrogen (secondary N) is 2. The second-order valence-corrected chi connectivity index (χ2v) is 32.2. The molecular formula is C65H81N7O21S5. The number of hydrogen-bond acceptors (Lipinski definition) is 20. The lowest BCUT2D eigenvalue weighted by Crippen LogP contribution is -2.51. The minimum Gasteiger partial charge on any atom is -0.497 e. The van der Waals surface area contributed by atoms with E-state index in [-0.39, 0.29) is 104 Å². The molecule has 33 heteroatoms. The second kappa shape index (κ2) is 31.0. The highest BCUT2D eigenvalue weighted by Gasteiger charge is 2.43. The van der Waals surface area contributed by atoms with E-state index in [9.17, 15) is 75.1 Å². The smallest absolute Gasteiger partial charge is 0.295 e. The Bertz CT molecular complexity index is 4720. The van der Waals surface area contributed by atoms with Gasteiger partial charge in [0.05, 0.1) is 80.2 Å². The molecule has 1 unspecified atom stereocenters. The Labute approximate surface area is 570 Å². The third-order valence-corrected chi connectivity index (χ3v) is 22.4. The van der Waals surface area contributed by atoms with Crippen molar-refractivity contribution in [3.63, 3.8) is 0 Å². The summed E-state index contributed by atoms with van der Waals surface area (Å²) >= 11 is 0. The van der Waals surface area contributed by atoms with Crippen molar-refractivity contribution in [2.24, 2.45) is 5.92 Å². The van der Waals surface area contributed by atoms with Crippen LogP contribution in [0.1, 0.15) is 103 Å². The number of nitrogens with zero attached hydrogens (tertiary/aromatic N) is 5. The molecule has 2 amide bonds. The van der Waals surface area contributed by atoms with Crippen molar-refractivity contribution in [1.82, 2.24) is 30.1 Å². The maximum atomic E-state index is 13.9. The zero-order chi connectivity index (χ0) is 71.9. The van der Waals surface area contributed by atoms with Crippen LogP contribution < -0.4 is 20.4 Å². The molecule has 0 saturated carbocycles. The predicted molar refractivity (Wildman–Crippen MR) is 362 cm³/mol. The molecule has 8 rings (SSSR count). The first-order valence-electron chi connectivity index (χ1n) is 31.2. The number of ether oxygens (including phenoxy) is 4. The topological polar surface area (TPSA) is 404 Å². The van der Waals surface area contributed by atoms with E-state index in [4.69, 9.17) is 18.9 Å². The first-order valence-corrected chi connectivity index (χ1v) is 38.4. The van der Waals surface area contributed by atoms with Gasteiger partial charge in [0.15, 0.2) is 0 Å². The molecule has 0 radical (unpaired) electrons. The van der Waals surface area contributed by atoms with Gasteiger partial charge < -0.3 is 29.2 Å². The van der Waals surface area contributed by atoms with Gasteiger partial charge in [-0.15, -0.1) is 5.10 Å². The maximum absolute atomic E-state index is 13.9. The Morgan fingerprint density at radius 1 is 0.663 bits per heavy atom. The lowest BCUT2D eigenvalue weighted by atomic mass is 9.78. The third kappa shape index (κ3) is 17.3. The van der Waals surface area contributed by atoms with Gasteiger partial charge >= 0.3 is 0 Å². The van der Waals surface area contributed by atoms with Gasteiger partial charge in [0.1, 0.15) is 21.6 Å². The maximum Gasteiger partial charge on any atom is 0.295 e. The first-order chi connectivity index (χ1) is 46.0. The van der Waals surface area contributed by atoms with Crippen molar-refractivity contribution in [2.75, 3.05) is 64.7 Å². The Balaban J connectivity index is 0.839. The molecule has 2 aliphatic rings. The number of methoxy groups -OCH3 is 1. The largest absolute Gasteiger partial charge is 0.497 e. The second-order valence-electron chi connectivity index (χ2n) is 24.7. The molecule has 0 bridgehead atoms. The number of benzene rings is 5. The summed E-state index contributed by atoms with van der Waals surface area (Å²) in [4.78, 5) is 24.7. The first kappa shape index (κ1) is 76.4. The molecular weight excluding hydrogens is 1380 g/mol. The van der Waals surface area contributed by atoms with Crippen LogP contribution in [-0.4, -0.2) is 163 Å². The number of anilines is 1. The van der Waals surface area contributed by atoms with Crippen LogP contribution in [0.15, 0.2) is 145 Å². The Morgan fingerprint density at radius 3 is 1.81 bits per heavy atom. The van der Waals surface area contributed by atoms with E-state index in [0.29, 0.717) is 72.5 Å². The molecule has 6 aromatic rings. The van der Waals surface area contributed by atoms with E-state index >= 15 is 0 Å². The number of rotatable bonds is 34. The van der Waals surface area contributed by atoms with Gasteiger partial charge in [-0.1, -0.05) is 95.7 Å². The molecule has 1 aromatic heterocycles. The summed E-state index contributed by atoms with van der Waals surface area (Å²) in [6, 6.07) is 14.5. The van der Waals surface area contributed by atoms with Gasteiger partial charge in [-0.3, -0.25) is 33.0 Å². The Kier molecular flexibility index (Phi) is 24.2. The number of unbranched alkanes of at least 4 members (excludes halogenated alkanes) is 2. The lowest BCUT2D eigenvalue weighted by Gasteiger charge is -2.31. The van der Waals surface area contributed by atoms with Crippen molar-refractivity contribution in [1.29, 1.82) is 0 Å².